The first kappa shape index (κ1) is 20.5. The topological polar surface area (TPSA) is 58.5 Å². The van der Waals surface area contributed by atoms with Crippen molar-refractivity contribution in [2.75, 3.05) is 7.05 Å². The summed E-state index contributed by atoms with van der Waals surface area (Å²) in [5, 5.41) is 6.19. The first-order valence-corrected chi connectivity index (χ1v) is 8.50. The molecule has 0 spiro atoms. The Morgan fingerprint density at radius 1 is 1.04 bits per heavy atom. The first-order chi connectivity index (χ1) is 12.8. The third kappa shape index (κ3) is 6.80. The second-order valence-corrected chi connectivity index (χ2v) is 6.15. The van der Waals surface area contributed by atoms with Gasteiger partial charge >= 0.3 is 6.18 Å². The molecule has 0 saturated heterocycles. The van der Waals surface area contributed by atoms with Crippen LogP contribution in [0.4, 0.5) is 13.2 Å². The first-order valence-electron chi connectivity index (χ1n) is 8.50. The second-order valence-electron chi connectivity index (χ2n) is 6.15. The normalized spacial score (nSPS) is 12.2. The third-order valence-corrected chi connectivity index (χ3v) is 3.58. The minimum Gasteiger partial charge on any atom is -0.475 e. The molecular weight excluding hydrogens is 357 g/mol. The zero-order valence-corrected chi connectivity index (χ0v) is 15.5. The fourth-order valence-electron chi connectivity index (χ4n) is 2.23. The van der Waals surface area contributed by atoms with Gasteiger partial charge in [0, 0.05) is 32.4 Å². The number of guanidine groups is 1. The molecule has 0 fully saturated rings. The van der Waals surface area contributed by atoms with E-state index in [0.717, 1.165) is 23.3 Å². The van der Waals surface area contributed by atoms with Crippen LogP contribution < -0.4 is 15.4 Å². The van der Waals surface area contributed by atoms with Crippen molar-refractivity contribution in [1.29, 1.82) is 0 Å². The number of benzene rings is 1. The van der Waals surface area contributed by atoms with Crippen LogP contribution in [-0.4, -0.2) is 24.1 Å². The maximum absolute atomic E-state index is 12.6. The smallest absolute Gasteiger partial charge is 0.416 e. The molecule has 1 aromatic carbocycles. The molecule has 0 bridgehead atoms. The van der Waals surface area contributed by atoms with Gasteiger partial charge in [-0.1, -0.05) is 18.2 Å². The third-order valence-electron chi connectivity index (χ3n) is 3.58. The van der Waals surface area contributed by atoms with Crippen LogP contribution in [0.2, 0.25) is 0 Å². The van der Waals surface area contributed by atoms with E-state index in [9.17, 15) is 13.2 Å². The van der Waals surface area contributed by atoms with Crippen LogP contribution in [-0.2, 0) is 19.3 Å². The Morgan fingerprint density at radius 3 is 2.11 bits per heavy atom. The predicted octanol–water partition coefficient (Wildman–Crippen LogP) is 3.75. The number of nitrogens with one attached hydrogen (secondary N) is 2. The van der Waals surface area contributed by atoms with Crippen LogP contribution in [0.5, 0.6) is 5.88 Å². The molecule has 2 rings (SSSR count). The lowest BCUT2D eigenvalue weighted by Crippen LogP contribution is -2.36. The molecule has 27 heavy (non-hydrogen) atoms. The van der Waals surface area contributed by atoms with Gasteiger partial charge in [0.15, 0.2) is 5.96 Å². The van der Waals surface area contributed by atoms with E-state index in [2.05, 4.69) is 20.6 Å². The molecule has 0 amide bonds. The summed E-state index contributed by atoms with van der Waals surface area (Å²) >= 11 is 0. The predicted molar refractivity (Wildman–Crippen MR) is 98.5 cm³/mol. The van der Waals surface area contributed by atoms with E-state index in [4.69, 9.17) is 4.74 Å². The Morgan fingerprint density at radius 2 is 1.63 bits per heavy atom. The Hall–Kier alpha value is -2.77. The molecule has 0 aliphatic carbocycles. The number of ether oxygens (including phenoxy) is 1. The molecule has 1 heterocycles. The van der Waals surface area contributed by atoms with Gasteiger partial charge in [0.25, 0.3) is 0 Å². The molecule has 0 atom stereocenters. The molecular formula is C19H23F3N4O. The molecule has 2 aromatic rings. The quantitative estimate of drug-likeness (QED) is 0.592. The fraction of sp³-hybridized carbons (Fsp3) is 0.368. The van der Waals surface area contributed by atoms with Crippen molar-refractivity contribution in [3.63, 3.8) is 0 Å². The maximum atomic E-state index is 12.6. The van der Waals surface area contributed by atoms with Crippen molar-refractivity contribution in [1.82, 2.24) is 15.6 Å². The van der Waals surface area contributed by atoms with Gasteiger partial charge in [-0.2, -0.15) is 13.2 Å². The average Bonchev–Trinajstić information content (AvgIpc) is 2.62. The number of aromatic nitrogens is 1. The minimum absolute atomic E-state index is 0.0645. The standard InChI is InChI=1S/C19H23F3N4O/c1-13(2)27-17-9-6-15(11-24-17)12-26-18(23-3)25-10-14-4-7-16(8-5-14)19(20,21)22/h4-9,11,13H,10,12H2,1-3H3,(H2,23,25,26). The Balaban J connectivity index is 1.83. The van der Waals surface area contributed by atoms with Crippen LogP contribution in [0.3, 0.4) is 0 Å². The fourth-order valence-corrected chi connectivity index (χ4v) is 2.23. The largest absolute Gasteiger partial charge is 0.475 e. The van der Waals surface area contributed by atoms with Gasteiger partial charge in [-0.3, -0.25) is 4.99 Å². The minimum atomic E-state index is -4.33. The maximum Gasteiger partial charge on any atom is 0.416 e. The lowest BCUT2D eigenvalue weighted by Gasteiger charge is -2.13. The molecule has 5 nitrogen and oxygen atoms in total. The summed E-state index contributed by atoms with van der Waals surface area (Å²) in [5.74, 6) is 1.11. The monoisotopic (exact) mass is 380 g/mol. The van der Waals surface area contributed by atoms with Crippen molar-refractivity contribution in [3.8, 4) is 5.88 Å². The van der Waals surface area contributed by atoms with E-state index in [1.165, 1.54) is 12.1 Å². The highest BCUT2D eigenvalue weighted by Crippen LogP contribution is 2.29. The number of rotatable bonds is 6. The molecule has 1 aromatic heterocycles. The summed E-state index contributed by atoms with van der Waals surface area (Å²) in [6, 6.07) is 8.73. The lowest BCUT2D eigenvalue weighted by molar-refractivity contribution is -0.137. The van der Waals surface area contributed by atoms with Crippen molar-refractivity contribution < 1.29 is 17.9 Å². The zero-order chi connectivity index (χ0) is 19.9. The van der Waals surface area contributed by atoms with Crippen LogP contribution in [0, 0.1) is 0 Å². The van der Waals surface area contributed by atoms with E-state index in [-0.39, 0.29) is 6.10 Å². The second kappa shape index (κ2) is 9.25. The van der Waals surface area contributed by atoms with Crippen LogP contribution in [0.1, 0.15) is 30.5 Å². The van der Waals surface area contributed by atoms with E-state index in [1.807, 2.05) is 19.9 Å². The number of hydrogen-bond donors (Lipinski definition) is 2. The Kier molecular flexibility index (Phi) is 7.04. The van der Waals surface area contributed by atoms with E-state index in [1.54, 1.807) is 19.3 Å². The van der Waals surface area contributed by atoms with Crippen LogP contribution in [0.25, 0.3) is 0 Å². The number of pyridine rings is 1. The van der Waals surface area contributed by atoms with Gasteiger partial charge in [-0.15, -0.1) is 0 Å². The number of halogens is 3. The summed E-state index contributed by atoms with van der Waals surface area (Å²) in [5.41, 5.74) is 1.01. The van der Waals surface area contributed by atoms with Crippen molar-refractivity contribution in [3.05, 3.63) is 59.3 Å². The lowest BCUT2D eigenvalue weighted by atomic mass is 10.1. The zero-order valence-electron chi connectivity index (χ0n) is 15.5. The average molecular weight is 380 g/mol. The van der Waals surface area contributed by atoms with Crippen molar-refractivity contribution >= 4 is 5.96 Å². The highest BCUT2D eigenvalue weighted by molar-refractivity contribution is 5.79. The van der Waals surface area contributed by atoms with Crippen molar-refractivity contribution in [2.45, 2.75) is 39.2 Å². The summed E-state index contributed by atoms with van der Waals surface area (Å²) in [4.78, 5) is 8.33. The van der Waals surface area contributed by atoms with E-state index in [0.29, 0.717) is 24.9 Å². The molecule has 2 N–H and O–H groups in total. The van der Waals surface area contributed by atoms with Crippen molar-refractivity contribution in [2.24, 2.45) is 4.99 Å². The summed E-state index contributed by atoms with van der Waals surface area (Å²) in [6.07, 6.45) is -2.55. The SMILES string of the molecule is CN=C(NCc1ccc(C(F)(F)F)cc1)NCc1ccc(OC(C)C)nc1. The molecule has 8 heteroatoms. The van der Waals surface area contributed by atoms with E-state index >= 15 is 0 Å². The number of aliphatic imine (C=N–C) groups is 1. The van der Waals surface area contributed by atoms with Gasteiger partial charge in [-0.05, 0) is 37.1 Å². The van der Waals surface area contributed by atoms with Gasteiger partial charge in [-0.25, -0.2) is 4.98 Å². The Labute approximate surface area is 156 Å². The summed E-state index contributed by atoms with van der Waals surface area (Å²) in [7, 11) is 1.62. The summed E-state index contributed by atoms with van der Waals surface area (Å²) < 4.78 is 43.2. The number of nitrogens with zero attached hydrogens (tertiary/aromatic N) is 2. The van der Waals surface area contributed by atoms with E-state index < -0.39 is 11.7 Å². The summed E-state index contributed by atoms with van der Waals surface area (Å²) in [6.45, 7) is 4.73. The highest BCUT2D eigenvalue weighted by Gasteiger charge is 2.29. The van der Waals surface area contributed by atoms with Gasteiger partial charge in [0.05, 0.1) is 11.7 Å². The number of hydrogen-bond acceptors (Lipinski definition) is 3. The molecule has 0 saturated carbocycles. The van der Waals surface area contributed by atoms with Gasteiger partial charge in [0.1, 0.15) is 0 Å². The van der Waals surface area contributed by atoms with Gasteiger partial charge in [0.2, 0.25) is 5.88 Å². The Bertz CT molecular complexity index is 741. The molecule has 146 valence electrons. The number of alkyl halides is 3. The molecule has 0 unspecified atom stereocenters. The molecule has 0 aliphatic rings. The molecule has 0 radical (unpaired) electrons. The van der Waals surface area contributed by atoms with Crippen LogP contribution in [0.15, 0.2) is 47.6 Å². The molecule has 0 aliphatic heterocycles. The van der Waals surface area contributed by atoms with Gasteiger partial charge < -0.3 is 15.4 Å². The van der Waals surface area contributed by atoms with Crippen LogP contribution >= 0.6 is 0 Å². The highest BCUT2D eigenvalue weighted by atomic mass is 19.4.